The Hall–Kier alpha value is -0.830. The Bertz CT molecular complexity index is 409. The highest BCUT2D eigenvalue weighted by molar-refractivity contribution is 4.96. The lowest BCUT2D eigenvalue weighted by Gasteiger charge is -2.30. The topological polar surface area (TPSA) is 29.9 Å². The highest BCUT2D eigenvalue weighted by atomic mass is 15.1. The van der Waals surface area contributed by atoms with E-state index in [1.807, 2.05) is 6.20 Å². The first-order valence-electron chi connectivity index (χ1n) is 9.01. The summed E-state index contributed by atoms with van der Waals surface area (Å²) in [4.78, 5) is 4.56. The van der Waals surface area contributed by atoms with E-state index in [0.29, 0.717) is 6.04 Å². The van der Waals surface area contributed by atoms with Crippen LogP contribution in [0.25, 0.3) is 0 Å². The van der Waals surface area contributed by atoms with Gasteiger partial charge in [0, 0.05) is 24.5 Å². The van der Waals surface area contributed by atoms with Crippen molar-refractivity contribution in [3.05, 3.63) is 18.2 Å². The van der Waals surface area contributed by atoms with Crippen molar-refractivity contribution >= 4 is 0 Å². The molecule has 2 aliphatic rings. The molecule has 0 spiro atoms. The lowest BCUT2D eigenvalue weighted by molar-refractivity contribution is 0.255. The van der Waals surface area contributed by atoms with Crippen molar-refractivity contribution < 1.29 is 0 Å². The summed E-state index contributed by atoms with van der Waals surface area (Å²) in [6.45, 7) is 5.40. The average molecular weight is 289 g/mol. The van der Waals surface area contributed by atoms with Crippen molar-refractivity contribution in [3.63, 3.8) is 0 Å². The molecule has 118 valence electrons. The molecule has 0 aromatic carbocycles. The van der Waals surface area contributed by atoms with Gasteiger partial charge in [0.05, 0.1) is 6.54 Å². The van der Waals surface area contributed by atoms with Gasteiger partial charge in [-0.05, 0) is 51.4 Å². The van der Waals surface area contributed by atoms with Gasteiger partial charge in [-0.2, -0.15) is 0 Å². The second-order valence-corrected chi connectivity index (χ2v) is 7.34. The zero-order valence-corrected chi connectivity index (χ0v) is 13.7. The van der Waals surface area contributed by atoms with Gasteiger partial charge in [0.15, 0.2) is 0 Å². The van der Waals surface area contributed by atoms with Gasteiger partial charge in [0.25, 0.3) is 0 Å². The molecule has 1 N–H and O–H groups in total. The lowest BCUT2D eigenvalue weighted by Crippen LogP contribution is -2.40. The van der Waals surface area contributed by atoms with E-state index in [-0.39, 0.29) is 0 Å². The molecule has 21 heavy (non-hydrogen) atoms. The quantitative estimate of drug-likeness (QED) is 0.846. The summed E-state index contributed by atoms with van der Waals surface area (Å²) in [5.41, 5.74) is 0. The van der Waals surface area contributed by atoms with Crippen LogP contribution in [0, 0.1) is 11.8 Å². The van der Waals surface area contributed by atoms with Gasteiger partial charge in [-0.3, -0.25) is 0 Å². The van der Waals surface area contributed by atoms with Gasteiger partial charge < -0.3 is 9.88 Å². The molecule has 2 aliphatic carbocycles. The van der Waals surface area contributed by atoms with Crippen molar-refractivity contribution in [2.24, 2.45) is 11.8 Å². The molecular formula is C18H31N3. The maximum atomic E-state index is 4.56. The van der Waals surface area contributed by atoms with Crippen LogP contribution >= 0.6 is 0 Å². The monoisotopic (exact) mass is 289 g/mol. The fourth-order valence-corrected chi connectivity index (χ4v) is 4.51. The van der Waals surface area contributed by atoms with Crippen LogP contribution in [0.1, 0.15) is 77.1 Å². The van der Waals surface area contributed by atoms with Gasteiger partial charge in [0.1, 0.15) is 5.82 Å². The first kappa shape index (κ1) is 15.1. The zero-order valence-electron chi connectivity index (χ0n) is 13.7. The molecule has 1 aromatic heterocycles. The first-order chi connectivity index (χ1) is 10.3. The smallest absolute Gasteiger partial charge is 0.122 e. The number of nitrogens with one attached hydrogen (secondary N) is 1. The van der Waals surface area contributed by atoms with Crippen LogP contribution in [0.3, 0.4) is 0 Å². The largest absolute Gasteiger partial charge is 0.331 e. The van der Waals surface area contributed by atoms with Gasteiger partial charge in [0.2, 0.25) is 0 Å². The van der Waals surface area contributed by atoms with Gasteiger partial charge >= 0.3 is 0 Å². The van der Waals surface area contributed by atoms with Crippen molar-refractivity contribution in [1.29, 1.82) is 0 Å². The summed E-state index contributed by atoms with van der Waals surface area (Å²) in [6, 6.07) is 1.23. The predicted octanol–water partition coefficient (Wildman–Crippen LogP) is 4.30. The molecule has 2 saturated carbocycles. The number of aromatic nitrogens is 2. The van der Waals surface area contributed by atoms with E-state index in [1.165, 1.54) is 57.2 Å². The van der Waals surface area contributed by atoms with Gasteiger partial charge in [-0.15, -0.1) is 0 Å². The lowest BCUT2D eigenvalue weighted by atomic mass is 9.86. The summed E-state index contributed by atoms with van der Waals surface area (Å²) >= 11 is 0. The van der Waals surface area contributed by atoms with E-state index in [2.05, 4.69) is 34.9 Å². The van der Waals surface area contributed by atoms with E-state index in [0.717, 1.165) is 24.4 Å². The Morgan fingerprint density at radius 2 is 1.67 bits per heavy atom. The molecule has 3 rings (SSSR count). The number of imidazole rings is 1. The standard InChI is InChI=1S/C18H31N3/c1-14(2)21-12-11-19-17(21)13-20-18(15-7-3-4-8-15)16-9-5-6-10-16/h11-12,14-16,18,20H,3-10,13H2,1-2H3. The summed E-state index contributed by atoms with van der Waals surface area (Å²) in [6.07, 6.45) is 15.6. The minimum absolute atomic E-state index is 0.501. The van der Waals surface area contributed by atoms with E-state index in [9.17, 15) is 0 Å². The second-order valence-electron chi connectivity index (χ2n) is 7.34. The molecule has 0 amide bonds. The van der Waals surface area contributed by atoms with Crippen LogP contribution in [0.15, 0.2) is 12.4 Å². The molecule has 0 unspecified atom stereocenters. The number of nitrogens with zero attached hydrogens (tertiary/aromatic N) is 2. The molecule has 1 heterocycles. The zero-order chi connectivity index (χ0) is 14.7. The average Bonchev–Trinajstić information content (AvgIpc) is 3.22. The van der Waals surface area contributed by atoms with Crippen molar-refractivity contribution in [2.75, 3.05) is 0 Å². The highest BCUT2D eigenvalue weighted by Crippen LogP contribution is 2.37. The van der Waals surface area contributed by atoms with E-state index < -0.39 is 0 Å². The summed E-state index contributed by atoms with van der Waals surface area (Å²) in [7, 11) is 0. The van der Waals surface area contributed by atoms with Gasteiger partial charge in [-0.1, -0.05) is 25.7 Å². The maximum Gasteiger partial charge on any atom is 0.122 e. The van der Waals surface area contributed by atoms with Crippen molar-refractivity contribution in [2.45, 2.75) is 83.8 Å². The maximum absolute atomic E-state index is 4.56. The fourth-order valence-electron chi connectivity index (χ4n) is 4.51. The van der Waals surface area contributed by atoms with Crippen LogP contribution in [0.2, 0.25) is 0 Å². The Labute approximate surface area is 129 Å². The number of hydrogen-bond donors (Lipinski definition) is 1. The molecule has 0 radical (unpaired) electrons. The molecule has 0 atom stereocenters. The predicted molar refractivity (Wildman–Crippen MR) is 87.2 cm³/mol. The molecule has 2 fully saturated rings. The molecule has 0 bridgehead atoms. The van der Waals surface area contributed by atoms with Crippen LogP contribution in [0.4, 0.5) is 0 Å². The third-order valence-corrected chi connectivity index (χ3v) is 5.62. The molecule has 0 aliphatic heterocycles. The van der Waals surface area contributed by atoms with E-state index in [1.54, 1.807) is 0 Å². The summed E-state index contributed by atoms with van der Waals surface area (Å²) < 4.78 is 2.30. The molecule has 0 saturated heterocycles. The Balaban J connectivity index is 1.64. The van der Waals surface area contributed by atoms with Crippen LogP contribution in [-0.4, -0.2) is 15.6 Å². The van der Waals surface area contributed by atoms with Crippen molar-refractivity contribution in [1.82, 2.24) is 14.9 Å². The van der Waals surface area contributed by atoms with Crippen LogP contribution in [0.5, 0.6) is 0 Å². The summed E-state index contributed by atoms with van der Waals surface area (Å²) in [5.74, 6) is 3.03. The Kier molecular flexibility index (Phi) is 4.99. The Morgan fingerprint density at radius 1 is 1.10 bits per heavy atom. The second kappa shape index (κ2) is 6.95. The summed E-state index contributed by atoms with van der Waals surface area (Å²) in [5, 5.41) is 3.92. The van der Waals surface area contributed by atoms with E-state index >= 15 is 0 Å². The minimum Gasteiger partial charge on any atom is -0.331 e. The normalized spacial score (nSPS) is 21.1. The molecule has 1 aromatic rings. The van der Waals surface area contributed by atoms with Crippen molar-refractivity contribution in [3.8, 4) is 0 Å². The SMILES string of the molecule is CC(C)n1ccnc1CNC(C1CCCC1)C1CCCC1. The third kappa shape index (κ3) is 3.50. The third-order valence-electron chi connectivity index (χ3n) is 5.62. The fraction of sp³-hybridized carbons (Fsp3) is 0.833. The van der Waals surface area contributed by atoms with Gasteiger partial charge in [-0.25, -0.2) is 4.98 Å². The minimum atomic E-state index is 0.501. The Morgan fingerprint density at radius 3 is 2.19 bits per heavy atom. The van der Waals surface area contributed by atoms with Crippen LogP contribution in [-0.2, 0) is 6.54 Å². The van der Waals surface area contributed by atoms with E-state index in [4.69, 9.17) is 0 Å². The number of hydrogen-bond acceptors (Lipinski definition) is 2. The van der Waals surface area contributed by atoms with Crippen LogP contribution < -0.4 is 5.32 Å². The first-order valence-corrected chi connectivity index (χ1v) is 9.01. The molecule has 3 heteroatoms. The molecule has 3 nitrogen and oxygen atoms in total. The molecular weight excluding hydrogens is 258 g/mol. The highest BCUT2D eigenvalue weighted by Gasteiger charge is 2.32. The number of rotatable bonds is 6.